The Kier molecular flexibility index (Phi) is 10.7. The fraction of sp³-hybridized carbons (Fsp3) is 0.636. The maximum atomic E-state index is 12.2. The van der Waals surface area contributed by atoms with E-state index in [0.29, 0.717) is 12.5 Å². The number of aromatic carboxylic acids is 1. The lowest BCUT2D eigenvalue weighted by Gasteiger charge is -2.17. The SMILES string of the molecule is CCCCCC(CCC)Cc1ccc(C(=O)OCCCC)c(C(=O)O)c1. The third kappa shape index (κ3) is 7.59. The van der Waals surface area contributed by atoms with Gasteiger partial charge in [-0.1, -0.05) is 71.8 Å². The van der Waals surface area contributed by atoms with Gasteiger partial charge in [-0.3, -0.25) is 0 Å². The Morgan fingerprint density at radius 3 is 2.31 bits per heavy atom. The van der Waals surface area contributed by atoms with Crippen molar-refractivity contribution in [1.29, 1.82) is 0 Å². The van der Waals surface area contributed by atoms with Crippen LogP contribution in [0, 0.1) is 5.92 Å². The second kappa shape index (κ2) is 12.5. The van der Waals surface area contributed by atoms with Crippen molar-refractivity contribution < 1.29 is 19.4 Å². The molecule has 0 aliphatic rings. The van der Waals surface area contributed by atoms with Gasteiger partial charge in [0.05, 0.1) is 17.7 Å². The van der Waals surface area contributed by atoms with E-state index in [2.05, 4.69) is 13.8 Å². The number of unbranched alkanes of at least 4 members (excludes halogenated alkanes) is 3. The summed E-state index contributed by atoms with van der Waals surface area (Å²) < 4.78 is 5.18. The first kappa shape index (κ1) is 22.2. The molecule has 0 bridgehead atoms. The smallest absolute Gasteiger partial charge is 0.339 e. The number of rotatable bonds is 13. The zero-order valence-electron chi connectivity index (χ0n) is 16.6. The summed E-state index contributed by atoms with van der Waals surface area (Å²) >= 11 is 0. The number of carbonyl (C=O) groups is 2. The highest BCUT2D eigenvalue weighted by Crippen LogP contribution is 2.23. The minimum Gasteiger partial charge on any atom is -0.478 e. The molecule has 4 heteroatoms. The van der Waals surface area contributed by atoms with E-state index in [1.165, 1.54) is 25.7 Å². The third-order valence-electron chi connectivity index (χ3n) is 4.70. The van der Waals surface area contributed by atoms with Crippen LogP contribution in [0.4, 0.5) is 0 Å². The first-order valence-corrected chi connectivity index (χ1v) is 10.1. The van der Waals surface area contributed by atoms with Crippen LogP contribution in [0.5, 0.6) is 0 Å². The van der Waals surface area contributed by atoms with Gasteiger partial charge < -0.3 is 9.84 Å². The molecule has 0 spiro atoms. The molecule has 0 amide bonds. The molecule has 0 heterocycles. The van der Waals surface area contributed by atoms with E-state index in [0.717, 1.165) is 37.7 Å². The molecule has 0 aromatic heterocycles. The summed E-state index contributed by atoms with van der Waals surface area (Å²) in [6.45, 7) is 6.72. The maximum absolute atomic E-state index is 12.2. The van der Waals surface area contributed by atoms with Gasteiger partial charge in [0.25, 0.3) is 0 Å². The quantitative estimate of drug-likeness (QED) is 0.351. The van der Waals surface area contributed by atoms with Gasteiger partial charge in [0.2, 0.25) is 0 Å². The van der Waals surface area contributed by atoms with Gasteiger partial charge in [0.1, 0.15) is 0 Å². The largest absolute Gasteiger partial charge is 0.478 e. The predicted octanol–water partition coefficient (Wildman–Crippen LogP) is 5.88. The molecule has 1 N–H and O–H groups in total. The molecule has 0 aliphatic carbocycles. The van der Waals surface area contributed by atoms with E-state index < -0.39 is 11.9 Å². The van der Waals surface area contributed by atoms with Crippen LogP contribution in [-0.2, 0) is 11.2 Å². The van der Waals surface area contributed by atoms with Gasteiger partial charge in [-0.05, 0) is 36.5 Å². The Bertz CT molecular complexity index is 565. The van der Waals surface area contributed by atoms with E-state index in [1.807, 2.05) is 13.0 Å². The van der Waals surface area contributed by atoms with Crippen LogP contribution < -0.4 is 0 Å². The molecule has 0 aliphatic heterocycles. The molecule has 1 atom stereocenters. The van der Waals surface area contributed by atoms with Crippen LogP contribution in [0.15, 0.2) is 18.2 Å². The van der Waals surface area contributed by atoms with Crippen LogP contribution in [0.3, 0.4) is 0 Å². The summed E-state index contributed by atoms with van der Waals surface area (Å²) in [6.07, 6.45) is 9.68. The molecular formula is C22H34O4. The van der Waals surface area contributed by atoms with Crippen molar-refractivity contribution in [2.75, 3.05) is 6.61 Å². The molecule has 26 heavy (non-hydrogen) atoms. The van der Waals surface area contributed by atoms with E-state index in [-0.39, 0.29) is 11.1 Å². The minimum atomic E-state index is -1.08. The van der Waals surface area contributed by atoms with Crippen molar-refractivity contribution in [2.24, 2.45) is 5.92 Å². The van der Waals surface area contributed by atoms with Crippen LogP contribution in [0.25, 0.3) is 0 Å². The number of carboxylic acids is 1. The second-order valence-electron chi connectivity index (χ2n) is 7.03. The van der Waals surface area contributed by atoms with Gasteiger partial charge in [0.15, 0.2) is 0 Å². The van der Waals surface area contributed by atoms with Gasteiger partial charge in [-0.15, -0.1) is 0 Å². The zero-order valence-corrected chi connectivity index (χ0v) is 16.6. The molecule has 0 fully saturated rings. The fourth-order valence-electron chi connectivity index (χ4n) is 3.23. The topological polar surface area (TPSA) is 63.6 Å². The van der Waals surface area contributed by atoms with Crippen molar-refractivity contribution in [1.82, 2.24) is 0 Å². The zero-order chi connectivity index (χ0) is 19.4. The molecule has 1 unspecified atom stereocenters. The molecule has 1 rings (SSSR count). The lowest BCUT2D eigenvalue weighted by molar-refractivity contribution is 0.0489. The number of hydrogen-bond donors (Lipinski definition) is 1. The number of carbonyl (C=O) groups excluding carboxylic acids is 1. The van der Waals surface area contributed by atoms with Crippen LogP contribution in [0.1, 0.15) is 98.4 Å². The summed E-state index contributed by atoms with van der Waals surface area (Å²) in [6, 6.07) is 5.15. The summed E-state index contributed by atoms with van der Waals surface area (Å²) in [7, 11) is 0. The molecule has 0 saturated carbocycles. The van der Waals surface area contributed by atoms with Crippen LogP contribution >= 0.6 is 0 Å². The predicted molar refractivity (Wildman–Crippen MR) is 105 cm³/mol. The Balaban J connectivity index is 2.88. The molecule has 0 radical (unpaired) electrons. The summed E-state index contributed by atoms with van der Waals surface area (Å²) in [5.41, 5.74) is 1.19. The molecule has 146 valence electrons. The highest BCUT2D eigenvalue weighted by atomic mass is 16.5. The number of carboxylic acid groups (broad SMARTS) is 1. The Hall–Kier alpha value is -1.84. The second-order valence-corrected chi connectivity index (χ2v) is 7.03. The minimum absolute atomic E-state index is 0.0489. The van der Waals surface area contributed by atoms with Gasteiger partial charge in [0, 0.05) is 0 Å². The highest BCUT2D eigenvalue weighted by Gasteiger charge is 2.19. The van der Waals surface area contributed by atoms with Crippen molar-refractivity contribution >= 4 is 11.9 Å². The third-order valence-corrected chi connectivity index (χ3v) is 4.70. The van der Waals surface area contributed by atoms with E-state index in [4.69, 9.17) is 4.74 Å². The number of esters is 1. The number of hydrogen-bond acceptors (Lipinski definition) is 3. The van der Waals surface area contributed by atoms with Crippen molar-refractivity contribution in [3.8, 4) is 0 Å². The standard InChI is InChI=1S/C22H34O4/c1-4-7-9-11-17(10-6-3)15-18-12-13-19(20(16-18)21(23)24)22(25)26-14-8-5-2/h12-13,16-17H,4-11,14-15H2,1-3H3,(H,23,24). The average Bonchev–Trinajstić information content (AvgIpc) is 2.62. The Morgan fingerprint density at radius 1 is 0.962 bits per heavy atom. The van der Waals surface area contributed by atoms with Gasteiger partial charge in [-0.25, -0.2) is 9.59 Å². The molecule has 1 aromatic rings. The van der Waals surface area contributed by atoms with Crippen molar-refractivity contribution in [3.63, 3.8) is 0 Å². The van der Waals surface area contributed by atoms with E-state index in [1.54, 1.807) is 12.1 Å². The summed E-state index contributed by atoms with van der Waals surface area (Å²) in [5.74, 6) is -1.06. The monoisotopic (exact) mass is 362 g/mol. The lowest BCUT2D eigenvalue weighted by atomic mass is 9.89. The first-order valence-electron chi connectivity index (χ1n) is 10.1. The number of ether oxygens (including phenoxy) is 1. The van der Waals surface area contributed by atoms with Crippen LogP contribution in [-0.4, -0.2) is 23.7 Å². The Morgan fingerprint density at radius 2 is 1.69 bits per heavy atom. The first-order chi connectivity index (χ1) is 12.5. The van der Waals surface area contributed by atoms with E-state index >= 15 is 0 Å². The lowest BCUT2D eigenvalue weighted by Crippen LogP contribution is -2.14. The Labute approximate surface area is 158 Å². The average molecular weight is 363 g/mol. The van der Waals surface area contributed by atoms with Crippen LogP contribution in [0.2, 0.25) is 0 Å². The van der Waals surface area contributed by atoms with Gasteiger partial charge >= 0.3 is 11.9 Å². The molecule has 1 aromatic carbocycles. The van der Waals surface area contributed by atoms with Crippen molar-refractivity contribution in [3.05, 3.63) is 34.9 Å². The molecule has 4 nitrogen and oxygen atoms in total. The maximum Gasteiger partial charge on any atom is 0.339 e. The van der Waals surface area contributed by atoms with Crippen molar-refractivity contribution in [2.45, 2.75) is 78.6 Å². The summed E-state index contributed by atoms with van der Waals surface area (Å²) in [5, 5.41) is 9.51. The molecule has 0 saturated heterocycles. The highest BCUT2D eigenvalue weighted by molar-refractivity contribution is 6.02. The number of benzene rings is 1. The molecular weight excluding hydrogens is 328 g/mol. The normalized spacial score (nSPS) is 12.0. The van der Waals surface area contributed by atoms with E-state index in [9.17, 15) is 14.7 Å². The van der Waals surface area contributed by atoms with Gasteiger partial charge in [-0.2, -0.15) is 0 Å². The summed E-state index contributed by atoms with van der Waals surface area (Å²) in [4.78, 5) is 23.8. The fourth-order valence-corrected chi connectivity index (χ4v) is 3.23.